The van der Waals surface area contributed by atoms with Crippen molar-refractivity contribution in [3.63, 3.8) is 0 Å². The van der Waals surface area contributed by atoms with Gasteiger partial charge in [-0.25, -0.2) is 5.10 Å². The molecule has 3 N–H and O–H groups in total. The maximum absolute atomic E-state index is 12.8. The number of nitrogens with two attached hydrogens (primary N) is 1. The third kappa shape index (κ3) is 3.74. The molecule has 2 amide bonds. The maximum Gasteiger partial charge on any atom is 0.290 e. The molecule has 2 fully saturated rings. The fourth-order valence-electron chi connectivity index (χ4n) is 4.94. The Morgan fingerprint density at radius 3 is 2.50 bits per heavy atom. The third-order valence-corrected chi connectivity index (χ3v) is 6.69. The molecule has 176 valence electrons. The van der Waals surface area contributed by atoms with Crippen molar-refractivity contribution < 1.29 is 9.59 Å². The molecule has 0 radical (unpaired) electrons. The van der Waals surface area contributed by atoms with Gasteiger partial charge in [-0.2, -0.15) is 10.2 Å². The number of anilines is 1. The van der Waals surface area contributed by atoms with Crippen LogP contribution < -0.4 is 11.3 Å². The van der Waals surface area contributed by atoms with Gasteiger partial charge < -0.3 is 15.5 Å². The van der Waals surface area contributed by atoms with Crippen molar-refractivity contribution >= 4 is 28.5 Å². The highest BCUT2D eigenvalue weighted by Crippen LogP contribution is 2.33. The van der Waals surface area contributed by atoms with Crippen molar-refractivity contribution in [2.75, 3.05) is 31.9 Å². The van der Waals surface area contributed by atoms with Crippen LogP contribution in [0.1, 0.15) is 42.1 Å². The number of nitrogen functional groups attached to an aromatic ring is 1. The summed E-state index contributed by atoms with van der Waals surface area (Å²) in [6.45, 7) is 6.21. The minimum atomic E-state index is -0.393. The Labute approximate surface area is 196 Å². The van der Waals surface area contributed by atoms with Crippen molar-refractivity contribution in [2.45, 2.75) is 31.7 Å². The van der Waals surface area contributed by atoms with E-state index >= 15 is 0 Å². The zero-order chi connectivity index (χ0) is 23.8. The van der Waals surface area contributed by atoms with Crippen molar-refractivity contribution in [3.05, 3.63) is 52.8 Å². The number of carbonyl (C=O) groups excluding carboxylic acids is 2. The fourth-order valence-corrected chi connectivity index (χ4v) is 4.94. The van der Waals surface area contributed by atoms with Crippen LogP contribution in [0.2, 0.25) is 0 Å². The maximum atomic E-state index is 12.8. The van der Waals surface area contributed by atoms with Crippen LogP contribution in [0.5, 0.6) is 0 Å². The number of aromatic amines is 1. The molecule has 1 aromatic carbocycles. The number of piperidine rings is 1. The van der Waals surface area contributed by atoms with Gasteiger partial charge in [0.25, 0.3) is 11.5 Å². The summed E-state index contributed by atoms with van der Waals surface area (Å²) >= 11 is 0. The van der Waals surface area contributed by atoms with E-state index in [1.807, 2.05) is 17.0 Å². The quantitative estimate of drug-likeness (QED) is 0.571. The Kier molecular flexibility index (Phi) is 5.64. The largest absolute Gasteiger partial charge is 0.382 e. The molecular weight excluding hydrogens is 434 g/mol. The van der Waals surface area contributed by atoms with E-state index in [1.165, 1.54) is 6.08 Å². The molecule has 3 aromatic rings. The minimum Gasteiger partial charge on any atom is -0.382 e. The van der Waals surface area contributed by atoms with Gasteiger partial charge in [0.1, 0.15) is 11.2 Å². The number of hydrogen-bond acceptors (Lipinski definition) is 6. The van der Waals surface area contributed by atoms with Gasteiger partial charge in [-0.3, -0.25) is 19.1 Å². The van der Waals surface area contributed by atoms with Crippen LogP contribution in [-0.2, 0) is 4.79 Å². The number of nitrogens with zero attached hydrogens (tertiary/aromatic N) is 5. The summed E-state index contributed by atoms with van der Waals surface area (Å²) in [6.07, 6.45) is 4.92. The van der Waals surface area contributed by atoms with Crippen LogP contribution in [0.3, 0.4) is 0 Å². The van der Waals surface area contributed by atoms with Crippen LogP contribution in [0.25, 0.3) is 22.2 Å². The van der Waals surface area contributed by atoms with E-state index in [4.69, 9.17) is 10.8 Å². The molecule has 4 heterocycles. The Morgan fingerprint density at radius 1 is 1.09 bits per heavy atom. The van der Waals surface area contributed by atoms with Crippen LogP contribution in [-0.4, -0.2) is 67.8 Å². The number of rotatable bonds is 4. The van der Waals surface area contributed by atoms with E-state index in [1.54, 1.807) is 21.7 Å². The van der Waals surface area contributed by atoms with E-state index in [0.29, 0.717) is 35.2 Å². The summed E-state index contributed by atoms with van der Waals surface area (Å²) in [5, 5.41) is 11.7. The number of amides is 2. The zero-order valence-electron chi connectivity index (χ0n) is 18.9. The first kappa shape index (κ1) is 21.9. The molecule has 0 aliphatic carbocycles. The Morgan fingerprint density at radius 2 is 1.79 bits per heavy atom. The highest BCUT2D eigenvalue weighted by atomic mass is 16.2. The van der Waals surface area contributed by atoms with Gasteiger partial charge in [-0.1, -0.05) is 18.7 Å². The van der Waals surface area contributed by atoms with Crippen LogP contribution in [0.15, 0.2) is 41.7 Å². The SMILES string of the molecule is C=CC(=O)N1CCC[C@@H](n2nc(-c3ccc(C(=O)N4CCCC4)cc3)c3c(N)n[nH]c(=O)c32)C1. The molecule has 0 spiro atoms. The van der Waals surface area contributed by atoms with E-state index in [0.717, 1.165) is 44.3 Å². The van der Waals surface area contributed by atoms with Gasteiger partial charge in [0.15, 0.2) is 5.82 Å². The fraction of sp³-hybridized carbons (Fsp3) is 0.375. The summed E-state index contributed by atoms with van der Waals surface area (Å²) in [6, 6.07) is 7.02. The Balaban J connectivity index is 1.55. The second kappa shape index (κ2) is 8.77. The predicted molar refractivity (Wildman–Crippen MR) is 128 cm³/mol. The molecule has 1 atom stereocenters. The summed E-state index contributed by atoms with van der Waals surface area (Å²) in [5.41, 5.74) is 8.00. The number of aromatic nitrogens is 4. The minimum absolute atomic E-state index is 0.0197. The smallest absolute Gasteiger partial charge is 0.290 e. The molecule has 2 saturated heterocycles. The first-order valence-electron chi connectivity index (χ1n) is 11.6. The number of benzene rings is 1. The third-order valence-electron chi connectivity index (χ3n) is 6.69. The second-order valence-electron chi connectivity index (χ2n) is 8.82. The van der Waals surface area contributed by atoms with Gasteiger partial charge in [0.2, 0.25) is 5.91 Å². The topological polar surface area (TPSA) is 130 Å². The van der Waals surface area contributed by atoms with Crippen molar-refractivity contribution in [3.8, 4) is 11.3 Å². The Hall–Kier alpha value is -3.95. The molecule has 5 rings (SSSR count). The van der Waals surface area contributed by atoms with Crippen LogP contribution >= 0.6 is 0 Å². The van der Waals surface area contributed by atoms with Gasteiger partial charge in [-0.15, -0.1) is 0 Å². The second-order valence-corrected chi connectivity index (χ2v) is 8.82. The van der Waals surface area contributed by atoms with Gasteiger partial charge >= 0.3 is 0 Å². The summed E-state index contributed by atoms with van der Waals surface area (Å²) in [7, 11) is 0. The highest BCUT2D eigenvalue weighted by molar-refractivity contribution is 6.00. The average Bonchev–Trinajstić information content (AvgIpc) is 3.55. The van der Waals surface area contributed by atoms with Crippen molar-refractivity contribution in [1.82, 2.24) is 29.8 Å². The number of nitrogens with one attached hydrogen (secondary N) is 1. The summed E-state index contributed by atoms with van der Waals surface area (Å²) < 4.78 is 1.67. The lowest BCUT2D eigenvalue weighted by Gasteiger charge is -2.32. The lowest BCUT2D eigenvalue weighted by molar-refractivity contribution is -0.127. The van der Waals surface area contributed by atoms with Crippen LogP contribution in [0.4, 0.5) is 5.82 Å². The molecule has 0 saturated carbocycles. The molecule has 0 unspecified atom stereocenters. The molecule has 2 aliphatic rings. The van der Waals surface area contributed by atoms with Gasteiger partial charge in [0, 0.05) is 37.3 Å². The average molecular weight is 462 g/mol. The van der Waals surface area contributed by atoms with E-state index < -0.39 is 5.56 Å². The number of H-pyrrole nitrogens is 1. The summed E-state index contributed by atoms with van der Waals surface area (Å²) in [4.78, 5) is 41.3. The monoisotopic (exact) mass is 461 g/mol. The van der Waals surface area contributed by atoms with Gasteiger partial charge in [0.05, 0.1) is 11.4 Å². The molecule has 0 bridgehead atoms. The van der Waals surface area contributed by atoms with E-state index in [2.05, 4.69) is 16.8 Å². The molecular formula is C24H27N7O3. The van der Waals surface area contributed by atoms with Crippen molar-refractivity contribution in [1.29, 1.82) is 0 Å². The van der Waals surface area contributed by atoms with E-state index in [-0.39, 0.29) is 23.7 Å². The van der Waals surface area contributed by atoms with Crippen LogP contribution in [0, 0.1) is 0 Å². The lowest BCUT2D eigenvalue weighted by atomic mass is 10.0. The first-order chi connectivity index (χ1) is 16.5. The molecule has 2 aliphatic heterocycles. The molecule has 2 aromatic heterocycles. The number of carbonyl (C=O) groups is 2. The highest BCUT2D eigenvalue weighted by Gasteiger charge is 2.29. The normalized spacial score (nSPS) is 18.4. The zero-order valence-corrected chi connectivity index (χ0v) is 18.9. The Bertz CT molecular complexity index is 1320. The standard InChI is InChI=1S/C24H27N7O3/c1-2-18(32)30-13-5-6-17(14-30)31-21-19(22(25)26-27-23(21)33)20(28-31)15-7-9-16(10-8-15)24(34)29-11-3-4-12-29/h2,7-10,17H,1,3-6,11-14H2,(H2,25,26)(H,27,33)/t17-/m1/s1. The summed E-state index contributed by atoms with van der Waals surface area (Å²) in [5.74, 6) is 0.0453. The van der Waals surface area contributed by atoms with Gasteiger partial charge in [-0.05, 0) is 43.9 Å². The molecule has 10 nitrogen and oxygen atoms in total. The van der Waals surface area contributed by atoms with Crippen molar-refractivity contribution in [2.24, 2.45) is 0 Å². The number of fused-ring (bicyclic) bond motifs is 1. The van der Waals surface area contributed by atoms with E-state index in [9.17, 15) is 14.4 Å². The number of likely N-dealkylation sites (tertiary alicyclic amines) is 2. The number of hydrogen-bond donors (Lipinski definition) is 2. The predicted octanol–water partition coefficient (Wildman–Crippen LogP) is 1.95. The lowest BCUT2D eigenvalue weighted by Crippen LogP contribution is -2.40. The molecule has 10 heteroatoms. The molecule has 34 heavy (non-hydrogen) atoms. The first-order valence-corrected chi connectivity index (χ1v) is 11.6.